The predicted molar refractivity (Wildman–Crippen MR) is 73.5 cm³/mol. The molecule has 0 radical (unpaired) electrons. The Balaban J connectivity index is 1.93. The van der Waals surface area contributed by atoms with Crippen LogP contribution >= 0.6 is 0 Å². The monoisotopic (exact) mass is 317 g/mol. The van der Waals surface area contributed by atoms with Gasteiger partial charge in [-0.2, -0.15) is 13.2 Å². The highest BCUT2D eigenvalue weighted by Crippen LogP contribution is 2.37. The van der Waals surface area contributed by atoms with Crippen molar-refractivity contribution in [1.29, 1.82) is 0 Å². The number of rotatable bonds is 3. The molecule has 22 heavy (non-hydrogen) atoms. The summed E-state index contributed by atoms with van der Waals surface area (Å²) in [7, 11) is 0. The molecule has 1 aromatic carbocycles. The second kappa shape index (κ2) is 6.16. The van der Waals surface area contributed by atoms with Crippen LogP contribution in [0.4, 0.5) is 13.2 Å². The van der Waals surface area contributed by atoms with Crippen molar-refractivity contribution < 1.29 is 27.8 Å². The van der Waals surface area contributed by atoms with E-state index in [9.17, 15) is 23.1 Å². The molecule has 2 rings (SSSR count). The first-order valence-corrected chi connectivity index (χ1v) is 6.98. The zero-order valence-corrected chi connectivity index (χ0v) is 12.2. The van der Waals surface area contributed by atoms with Gasteiger partial charge in [-0.3, -0.25) is 4.79 Å². The van der Waals surface area contributed by atoms with Gasteiger partial charge in [-0.05, 0) is 31.9 Å². The molecule has 1 fully saturated rings. The molecule has 1 atom stereocenters. The molecule has 7 heteroatoms. The van der Waals surface area contributed by atoms with Gasteiger partial charge in [0.2, 0.25) is 0 Å². The molecule has 1 amide bonds. The van der Waals surface area contributed by atoms with Crippen LogP contribution in [-0.4, -0.2) is 47.4 Å². The van der Waals surface area contributed by atoms with Gasteiger partial charge in [-0.15, -0.1) is 0 Å². The third-order valence-electron chi connectivity index (χ3n) is 3.73. The lowest BCUT2D eigenvalue weighted by Crippen LogP contribution is -2.58. The van der Waals surface area contributed by atoms with Gasteiger partial charge in [-0.25, -0.2) is 0 Å². The van der Waals surface area contributed by atoms with E-state index in [1.54, 1.807) is 12.1 Å². The van der Waals surface area contributed by atoms with Gasteiger partial charge in [-0.1, -0.05) is 17.7 Å². The molecular weight excluding hydrogens is 299 g/mol. The van der Waals surface area contributed by atoms with E-state index in [0.717, 1.165) is 10.5 Å². The second-order valence-corrected chi connectivity index (χ2v) is 5.55. The van der Waals surface area contributed by atoms with Crippen molar-refractivity contribution in [2.45, 2.75) is 31.5 Å². The van der Waals surface area contributed by atoms with Crippen LogP contribution in [0.5, 0.6) is 5.75 Å². The van der Waals surface area contributed by atoms with E-state index in [1.165, 1.54) is 0 Å². The lowest BCUT2D eigenvalue weighted by molar-refractivity contribution is -0.272. The number of halogens is 3. The van der Waals surface area contributed by atoms with E-state index in [0.29, 0.717) is 5.75 Å². The molecule has 1 N–H and O–H groups in total. The summed E-state index contributed by atoms with van der Waals surface area (Å²) in [5, 5.41) is 9.68. The number of β-amino-alcohol motifs (C(OH)–C–C–N with tert-alkyl or cyclic N) is 1. The number of hydrogen-bond acceptors (Lipinski definition) is 3. The van der Waals surface area contributed by atoms with Gasteiger partial charge in [0.25, 0.3) is 5.91 Å². The van der Waals surface area contributed by atoms with Gasteiger partial charge in [0.15, 0.2) is 12.2 Å². The number of carbonyl (C=O) groups is 1. The minimum absolute atomic E-state index is 0.103. The third-order valence-corrected chi connectivity index (χ3v) is 3.73. The summed E-state index contributed by atoms with van der Waals surface area (Å²) in [5.41, 5.74) is -1.80. The summed E-state index contributed by atoms with van der Waals surface area (Å²) in [4.78, 5) is 13.0. The van der Waals surface area contributed by atoms with E-state index in [1.807, 2.05) is 19.1 Å². The van der Waals surface area contributed by atoms with Crippen LogP contribution in [0.25, 0.3) is 0 Å². The average molecular weight is 317 g/mol. The van der Waals surface area contributed by atoms with Crippen LogP contribution in [0.15, 0.2) is 24.3 Å². The molecule has 1 heterocycles. The molecule has 0 saturated carbocycles. The number of nitrogens with zero attached hydrogens (tertiary/aromatic N) is 1. The Morgan fingerprint density at radius 2 is 2.00 bits per heavy atom. The Morgan fingerprint density at radius 1 is 1.36 bits per heavy atom. The van der Waals surface area contributed by atoms with E-state index in [-0.39, 0.29) is 26.0 Å². The number of aryl methyl sites for hydroxylation is 1. The predicted octanol–water partition coefficient (Wildman–Crippen LogP) is 2.29. The summed E-state index contributed by atoms with van der Waals surface area (Å²) >= 11 is 0. The normalized spacial score (nSPS) is 22.5. The Kier molecular flexibility index (Phi) is 4.65. The zero-order valence-electron chi connectivity index (χ0n) is 12.2. The molecule has 4 nitrogen and oxygen atoms in total. The van der Waals surface area contributed by atoms with Crippen molar-refractivity contribution >= 4 is 5.91 Å². The van der Waals surface area contributed by atoms with E-state index >= 15 is 0 Å². The summed E-state index contributed by atoms with van der Waals surface area (Å²) < 4.78 is 43.8. The van der Waals surface area contributed by atoms with Crippen molar-refractivity contribution in [2.75, 3.05) is 19.7 Å². The van der Waals surface area contributed by atoms with Crippen molar-refractivity contribution in [3.63, 3.8) is 0 Å². The molecule has 1 aromatic rings. The van der Waals surface area contributed by atoms with Crippen LogP contribution in [0.3, 0.4) is 0 Å². The first kappa shape index (κ1) is 16.6. The minimum atomic E-state index is -4.75. The molecule has 1 aliphatic heterocycles. The molecule has 122 valence electrons. The smallest absolute Gasteiger partial charge is 0.418 e. The van der Waals surface area contributed by atoms with Gasteiger partial charge in [0.05, 0.1) is 6.54 Å². The molecule has 1 aliphatic rings. The number of piperidine rings is 1. The Morgan fingerprint density at radius 3 is 2.59 bits per heavy atom. The molecule has 1 saturated heterocycles. The van der Waals surface area contributed by atoms with Gasteiger partial charge >= 0.3 is 6.18 Å². The van der Waals surface area contributed by atoms with Crippen LogP contribution < -0.4 is 4.74 Å². The number of alkyl halides is 3. The largest absolute Gasteiger partial charge is 0.484 e. The summed E-state index contributed by atoms with van der Waals surface area (Å²) in [6.07, 6.45) is -5.03. The van der Waals surface area contributed by atoms with Crippen LogP contribution in [-0.2, 0) is 4.79 Å². The van der Waals surface area contributed by atoms with Crippen molar-refractivity contribution in [2.24, 2.45) is 0 Å². The van der Waals surface area contributed by atoms with Gasteiger partial charge in [0.1, 0.15) is 5.75 Å². The third kappa shape index (κ3) is 3.71. The van der Waals surface area contributed by atoms with Gasteiger partial charge in [0, 0.05) is 6.54 Å². The Bertz CT molecular complexity index is 530. The summed E-state index contributed by atoms with van der Waals surface area (Å²) in [6.45, 7) is 0.999. The Hall–Kier alpha value is -1.76. The van der Waals surface area contributed by atoms with Gasteiger partial charge < -0.3 is 14.7 Å². The lowest BCUT2D eigenvalue weighted by atomic mass is 9.92. The molecular formula is C15H18F3NO3. The fraction of sp³-hybridized carbons (Fsp3) is 0.533. The quantitative estimate of drug-likeness (QED) is 0.930. The fourth-order valence-electron chi connectivity index (χ4n) is 2.35. The van der Waals surface area contributed by atoms with Crippen molar-refractivity contribution in [1.82, 2.24) is 4.90 Å². The first-order chi connectivity index (χ1) is 10.2. The zero-order chi connectivity index (χ0) is 16.4. The maximum Gasteiger partial charge on any atom is 0.418 e. The first-order valence-electron chi connectivity index (χ1n) is 6.98. The van der Waals surface area contributed by atoms with Crippen molar-refractivity contribution in [3.05, 3.63) is 29.8 Å². The molecule has 0 aromatic heterocycles. The standard InChI is InChI=1S/C15H18F3NO3/c1-11-3-5-12(6-4-11)22-9-13(20)19-8-2-7-14(21,10-19)15(16,17)18/h3-6,21H,2,7-10H2,1H3/t14-/m1/s1. The molecule has 0 bridgehead atoms. The van der Waals surface area contributed by atoms with E-state index < -0.39 is 24.2 Å². The molecule has 0 spiro atoms. The van der Waals surface area contributed by atoms with E-state index in [4.69, 9.17) is 4.74 Å². The highest BCUT2D eigenvalue weighted by atomic mass is 19.4. The number of ether oxygens (including phenoxy) is 1. The number of hydrogen-bond donors (Lipinski definition) is 1. The van der Waals surface area contributed by atoms with Crippen LogP contribution in [0.2, 0.25) is 0 Å². The number of benzene rings is 1. The maximum atomic E-state index is 12.8. The maximum absolute atomic E-state index is 12.8. The average Bonchev–Trinajstić information content (AvgIpc) is 2.45. The Labute approximate surface area is 126 Å². The minimum Gasteiger partial charge on any atom is -0.484 e. The van der Waals surface area contributed by atoms with E-state index in [2.05, 4.69) is 0 Å². The highest BCUT2D eigenvalue weighted by Gasteiger charge is 2.55. The summed E-state index contributed by atoms with van der Waals surface area (Å²) in [6, 6.07) is 6.99. The fourth-order valence-corrected chi connectivity index (χ4v) is 2.35. The van der Waals surface area contributed by atoms with Crippen LogP contribution in [0, 0.1) is 6.92 Å². The number of likely N-dealkylation sites (tertiary alicyclic amines) is 1. The SMILES string of the molecule is Cc1ccc(OCC(=O)N2CCC[C@](O)(C(F)(F)F)C2)cc1. The summed E-state index contributed by atoms with van der Waals surface area (Å²) in [5.74, 6) is -0.0926. The number of carbonyl (C=O) groups excluding carboxylic acids is 1. The molecule has 0 unspecified atom stereocenters. The van der Waals surface area contributed by atoms with Crippen LogP contribution in [0.1, 0.15) is 18.4 Å². The lowest BCUT2D eigenvalue weighted by Gasteiger charge is -2.40. The second-order valence-electron chi connectivity index (χ2n) is 5.55. The van der Waals surface area contributed by atoms with Crippen molar-refractivity contribution in [3.8, 4) is 5.75 Å². The number of amides is 1. The molecule has 0 aliphatic carbocycles. The highest BCUT2D eigenvalue weighted by molar-refractivity contribution is 5.78. The topological polar surface area (TPSA) is 49.8 Å². The number of aliphatic hydroxyl groups is 1.